The van der Waals surface area contributed by atoms with Crippen LogP contribution in [0, 0.1) is 5.92 Å². The van der Waals surface area contributed by atoms with Crippen molar-refractivity contribution in [1.82, 2.24) is 10.7 Å². The summed E-state index contributed by atoms with van der Waals surface area (Å²) in [6, 6.07) is 9.05. The lowest BCUT2D eigenvalue weighted by atomic mass is 10.0. The molecule has 1 unspecified atom stereocenters. The summed E-state index contributed by atoms with van der Waals surface area (Å²) in [5, 5.41) is 7.33. The molecule has 7 nitrogen and oxygen atoms in total. The third-order valence-corrected chi connectivity index (χ3v) is 4.86. The fourth-order valence-electron chi connectivity index (χ4n) is 2.76. The lowest BCUT2D eigenvalue weighted by molar-refractivity contribution is -0.123. The molecular weight excluding hydrogens is 441 g/mol. The summed E-state index contributed by atoms with van der Waals surface area (Å²) in [5.41, 5.74) is 3.33. The van der Waals surface area contributed by atoms with E-state index in [1.54, 1.807) is 31.4 Å². The van der Waals surface area contributed by atoms with E-state index in [9.17, 15) is 9.59 Å². The van der Waals surface area contributed by atoms with E-state index in [4.69, 9.17) is 32.7 Å². The first-order chi connectivity index (χ1) is 14.8. The Labute approximate surface area is 191 Å². The van der Waals surface area contributed by atoms with Crippen molar-refractivity contribution in [3.63, 3.8) is 0 Å². The van der Waals surface area contributed by atoms with Crippen molar-refractivity contribution in [3.05, 3.63) is 57.6 Å². The summed E-state index contributed by atoms with van der Waals surface area (Å²) in [5.74, 6) is -0.0571. The molecule has 0 aliphatic heterocycles. The van der Waals surface area contributed by atoms with E-state index in [0.717, 1.165) is 0 Å². The third kappa shape index (κ3) is 6.60. The molecule has 31 heavy (non-hydrogen) atoms. The van der Waals surface area contributed by atoms with Crippen LogP contribution in [-0.2, 0) is 4.79 Å². The number of halogens is 2. The number of benzene rings is 2. The van der Waals surface area contributed by atoms with Gasteiger partial charge in [0.25, 0.3) is 11.8 Å². The number of rotatable bonds is 9. The van der Waals surface area contributed by atoms with E-state index in [1.807, 2.05) is 20.8 Å². The minimum Gasteiger partial charge on any atom is -0.493 e. The van der Waals surface area contributed by atoms with Crippen LogP contribution >= 0.6 is 23.2 Å². The number of nitrogens with one attached hydrogen (secondary N) is 2. The number of carbonyl (C=O) groups is 2. The summed E-state index contributed by atoms with van der Waals surface area (Å²) in [7, 11) is 1.55. The molecule has 9 heteroatoms. The Morgan fingerprint density at radius 2 is 1.94 bits per heavy atom. The van der Waals surface area contributed by atoms with Crippen molar-refractivity contribution in [2.75, 3.05) is 13.7 Å². The molecule has 0 fully saturated rings. The molecule has 0 saturated heterocycles. The van der Waals surface area contributed by atoms with Gasteiger partial charge in [-0.15, -0.1) is 0 Å². The van der Waals surface area contributed by atoms with Gasteiger partial charge >= 0.3 is 0 Å². The van der Waals surface area contributed by atoms with Gasteiger partial charge < -0.3 is 14.8 Å². The van der Waals surface area contributed by atoms with Gasteiger partial charge in [0.2, 0.25) is 0 Å². The van der Waals surface area contributed by atoms with E-state index in [1.165, 1.54) is 18.3 Å². The number of para-hydroxylation sites is 1. The largest absolute Gasteiger partial charge is 0.493 e. The minimum atomic E-state index is -0.826. The number of hydrazone groups is 1. The van der Waals surface area contributed by atoms with Crippen LogP contribution in [0.15, 0.2) is 41.5 Å². The van der Waals surface area contributed by atoms with E-state index in [-0.39, 0.29) is 16.5 Å². The van der Waals surface area contributed by atoms with Gasteiger partial charge in [-0.25, -0.2) is 5.43 Å². The van der Waals surface area contributed by atoms with Gasteiger partial charge in [0.1, 0.15) is 6.04 Å². The number of ether oxygens (including phenoxy) is 2. The lowest BCUT2D eigenvalue weighted by Crippen LogP contribution is -2.48. The number of carbonyl (C=O) groups excluding carboxylic acids is 2. The predicted octanol–water partition coefficient (Wildman–Crippen LogP) is 4.31. The zero-order valence-electron chi connectivity index (χ0n) is 17.7. The fourth-order valence-corrected chi connectivity index (χ4v) is 3.25. The molecule has 0 aromatic heterocycles. The molecule has 0 heterocycles. The first-order valence-corrected chi connectivity index (χ1v) is 10.4. The minimum absolute atomic E-state index is 0.193. The summed E-state index contributed by atoms with van der Waals surface area (Å²) in [6.07, 6.45) is 1.46. The zero-order chi connectivity index (χ0) is 23.0. The molecule has 0 spiro atoms. The number of nitrogens with zero attached hydrogens (tertiary/aromatic N) is 1. The van der Waals surface area contributed by atoms with Gasteiger partial charge in [0.15, 0.2) is 11.5 Å². The average Bonchev–Trinajstić information content (AvgIpc) is 2.72. The maximum atomic E-state index is 12.7. The molecule has 0 aliphatic rings. The molecule has 0 bridgehead atoms. The van der Waals surface area contributed by atoms with Crippen LogP contribution < -0.4 is 20.2 Å². The number of methoxy groups -OCH3 is 1. The first-order valence-electron chi connectivity index (χ1n) is 9.67. The topological polar surface area (TPSA) is 89.0 Å². The highest BCUT2D eigenvalue weighted by Crippen LogP contribution is 2.30. The summed E-state index contributed by atoms with van der Waals surface area (Å²) < 4.78 is 10.9. The standard InChI is InChI=1S/C22H25Cl2N3O4/c1-5-31-20-14(7-6-8-18(20)30-4)12-25-27-22(29)19(13(2)3)26-21(28)16-10-9-15(23)11-17(16)24/h6-13,19H,5H2,1-4H3,(H,26,28)(H,27,29). The van der Waals surface area contributed by atoms with Gasteiger partial charge in [-0.1, -0.05) is 43.1 Å². The van der Waals surface area contributed by atoms with E-state index >= 15 is 0 Å². The van der Waals surface area contributed by atoms with Crippen LogP contribution in [0.4, 0.5) is 0 Å². The summed E-state index contributed by atoms with van der Waals surface area (Å²) >= 11 is 12.0. The Hall–Kier alpha value is -2.77. The molecule has 2 aromatic rings. The van der Waals surface area contributed by atoms with Crippen molar-refractivity contribution in [3.8, 4) is 11.5 Å². The molecule has 2 N–H and O–H groups in total. The van der Waals surface area contributed by atoms with Crippen molar-refractivity contribution >= 4 is 41.2 Å². The predicted molar refractivity (Wildman–Crippen MR) is 122 cm³/mol. The number of amides is 2. The fraction of sp³-hybridized carbons (Fsp3) is 0.318. The first kappa shape index (κ1) is 24.5. The molecule has 0 aliphatic carbocycles. The maximum Gasteiger partial charge on any atom is 0.262 e. The van der Waals surface area contributed by atoms with Crippen molar-refractivity contribution in [2.45, 2.75) is 26.8 Å². The Kier molecular flexibility index (Phi) is 9.15. The van der Waals surface area contributed by atoms with E-state index in [2.05, 4.69) is 15.8 Å². The van der Waals surface area contributed by atoms with Crippen LogP contribution in [0.1, 0.15) is 36.7 Å². The smallest absolute Gasteiger partial charge is 0.262 e. The molecule has 2 rings (SSSR count). The van der Waals surface area contributed by atoms with Crippen LogP contribution in [0.5, 0.6) is 11.5 Å². The van der Waals surface area contributed by atoms with Gasteiger partial charge in [0, 0.05) is 10.6 Å². The molecular formula is C22H25Cl2N3O4. The number of hydrogen-bond acceptors (Lipinski definition) is 5. The molecule has 1 atom stereocenters. The van der Waals surface area contributed by atoms with E-state index in [0.29, 0.717) is 28.7 Å². The van der Waals surface area contributed by atoms with Crippen molar-refractivity contribution in [1.29, 1.82) is 0 Å². The third-order valence-electron chi connectivity index (χ3n) is 4.31. The molecule has 0 saturated carbocycles. The highest BCUT2D eigenvalue weighted by atomic mass is 35.5. The summed E-state index contributed by atoms with van der Waals surface area (Å²) in [6.45, 7) is 5.93. The second-order valence-corrected chi connectivity index (χ2v) is 7.71. The molecule has 166 valence electrons. The maximum absolute atomic E-state index is 12.7. The highest BCUT2D eigenvalue weighted by molar-refractivity contribution is 6.36. The molecule has 2 amide bonds. The van der Waals surface area contributed by atoms with Crippen molar-refractivity contribution in [2.24, 2.45) is 11.0 Å². The lowest BCUT2D eigenvalue weighted by Gasteiger charge is -2.20. The van der Waals surface area contributed by atoms with Crippen LogP contribution in [0.25, 0.3) is 0 Å². The Bertz CT molecular complexity index is 964. The number of hydrogen-bond donors (Lipinski definition) is 2. The van der Waals surface area contributed by atoms with Gasteiger partial charge in [-0.05, 0) is 43.2 Å². The Morgan fingerprint density at radius 1 is 1.19 bits per heavy atom. The average molecular weight is 466 g/mol. The zero-order valence-corrected chi connectivity index (χ0v) is 19.3. The quantitative estimate of drug-likeness (QED) is 0.426. The van der Waals surface area contributed by atoms with Gasteiger partial charge in [0.05, 0.1) is 30.5 Å². The van der Waals surface area contributed by atoms with Crippen LogP contribution in [0.2, 0.25) is 10.0 Å². The van der Waals surface area contributed by atoms with Gasteiger partial charge in [-0.3, -0.25) is 9.59 Å². The molecule has 0 radical (unpaired) electrons. The van der Waals surface area contributed by atoms with Crippen LogP contribution in [-0.4, -0.2) is 37.8 Å². The Balaban J connectivity index is 2.12. The van der Waals surface area contributed by atoms with E-state index < -0.39 is 17.9 Å². The SMILES string of the molecule is CCOc1c(C=NNC(=O)C(NC(=O)c2ccc(Cl)cc2Cl)C(C)C)cccc1OC. The Morgan fingerprint density at radius 3 is 2.55 bits per heavy atom. The highest BCUT2D eigenvalue weighted by Gasteiger charge is 2.25. The van der Waals surface area contributed by atoms with Crippen LogP contribution in [0.3, 0.4) is 0 Å². The van der Waals surface area contributed by atoms with Gasteiger partial charge in [-0.2, -0.15) is 5.10 Å². The summed E-state index contributed by atoms with van der Waals surface area (Å²) in [4.78, 5) is 25.3. The second-order valence-electron chi connectivity index (χ2n) is 6.87. The molecule has 2 aromatic carbocycles. The second kappa shape index (κ2) is 11.6. The normalized spacial score (nSPS) is 12.0. The van der Waals surface area contributed by atoms with Crippen molar-refractivity contribution < 1.29 is 19.1 Å². The monoisotopic (exact) mass is 465 g/mol.